The molecule has 0 atom stereocenters. The van der Waals surface area contributed by atoms with Gasteiger partial charge in [0.1, 0.15) is 12.3 Å². The van der Waals surface area contributed by atoms with Gasteiger partial charge in [-0.25, -0.2) is 8.42 Å². The normalized spacial score (nSPS) is 11.2. The molecule has 0 bridgehead atoms. The molecule has 0 saturated heterocycles. The zero-order valence-corrected chi connectivity index (χ0v) is 19.4. The standard InChI is InChI=1S/C22H30N2O4S2/c1-4-28-21-12-6-5-11-20(21)24(30(3,26)27)16-22(25)23-13-8-14-29-17-19-10-7-9-18(2)15-19/h5-7,9-12,15H,4,8,13-14,16-17H2,1-3H3,(H,23,25). The number of benzene rings is 2. The minimum Gasteiger partial charge on any atom is -0.492 e. The third-order valence-corrected chi connectivity index (χ3v) is 6.50. The van der Waals surface area contributed by atoms with E-state index in [2.05, 4.69) is 36.5 Å². The Morgan fingerprint density at radius 2 is 1.93 bits per heavy atom. The molecule has 30 heavy (non-hydrogen) atoms. The zero-order valence-electron chi connectivity index (χ0n) is 17.8. The van der Waals surface area contributed by atoms with E-state index in [1.54, 1.807) is 24.3 Å². The first-order valence-electron chi connectivity index (χ1n) is 9.90. The van der Waals surface area contributed by atoms with Crippen LogP contribution in [0.5, 0.6) is 5.75 Å². The van der Waals surface area contributed by atoms with Gasteiger partial charge in [-0.05, 0) is 43.7 Å². The highest BCUT2D eigenvalue weighted by Crippen LogP contribution is 2.29. The second kappa shape index (κ2) is 11.9. The van der Waals surface area contributed by atoms with Gasteiger partial charge in [0.05, 0.1) is 18.6 Å². The summed E-state index contributed by atoms with van der Waals surface area (Å²) in [5, 5.41) is 2.82. The molecule has 0 heterocycles. The van der Waals surface area contributed by atoms with Crippen LogP contribution in [0.15, 0.2) is 48.5 Å². The molecule has 0 spiro atoms. The van der Waals surface area contributed by atoms with Crippen molar-refractivity contribution in [2.45, 2.75) is 26.0 Å². The van der Waals surface area contributed by atoms with Gasteiger partial charge < -0.3 is 10.1 Å². The molecule has 0 aromatic heterocycles. The Morgan fingerprint density at radius 3 is 2.63 bits per heavy atom. The van der Waals surface area contributed by atoms with E-state index in [4.69, 9.17) is 4.74 Å². The molecular weight excluding hydrogens is 420 g/mol. The lowest BCUT2D eigenvalue weighted by Crippen LogP contribution is -2.40. The first-order valence-corrected chi connectivity index (χ1v) is 12.9. The predicted molar refractivity (Wildman–Crippen MR) is 125 cm³/mol. The smallest absolute Gasteiger partial charge is 0.240 e. The van der Waals surface area contributed by atoms with Crippen LogP contribution < -0.4 is 14.4 Å². The number of nitrogens with zero attached hydrogens (tertiary/aromatic N) is 1. The number of carbonyl (C=O) groups is 1. The summed E-state index contributed by atoms with van der Waals surface area (Å²) >= 11 is 1.82. The molecule has 164 valence electrons. The molecule has 0 fully saturated rings. The molecule has 8 heteroatoms. The van der Waals surface area contributed by atoms with Crippen LogP contribution in [0.25, 0.3) is 0 Å². The molecule has 0 radical (unpaired) electrons. The second-order valence-electron chi connectivity index (χ2n) is 6.92. The van der Waals surface area contributed by atoms with E-state index in [9.17, 15) is 13.2 Å². The Bertz CT molecular complexity index is 932. The van der Waals surface area contributed by atoms with Gasteiger partial charge in [-0.2, -0.15) is 11.8 Å². The van der Waals surface area contributed by atoms with Gasteiger partial charge >= 0.3 is 0 Å². The SMILES string of the molecule is CCOc1ccccc1N(CC(=O)NCCCSCc1cccc(C)c1)S(C)(=O)=O. The summed E-state index contributed by atoms with van der Waals surface area (Å²) in [6.45, 7) is 4.53. The van der Waals surface area contributed by atoms with Crippen molar-refractivity contribution in [3.05, 3.63) is 59.7 Å². The molecule has 2 aromatic rings. The van der Waals surface area contributed by atoms with Gasteiger partial charge in [0.25, 0.3) is 0 Å². The van der Waals surface area contributed by atoms with Crippen molar-refractivity contribution >= 4 is 33.4 Å². The highest BCUT2D eigenvalue weighted by Gasteiger charge is 2.23. The van der Waals surface area contributed by atoms with E-state index in [0.717, 1.165) is 28.5 Å². The van der Waals surface area contributed by atoms with E-state index < -0.39 is 10.0 Å². The van der Waals surface area contributed by atoms with Crippen molar-refractivity contribution in [3.63, 3.8) is 0 Å². The number of hydrogen-bond acceptors (Lipinski definition) is 5. The molecule has 0 unspecified atom stereocenters. The van der Waals surface area contributed by atoms with E-state index in [1.807, 2.05) is 18.7 Å². The van der Waals surface area contributed by atoms with Gasteiger partial charge in [-0.1, -0.05) is 42.0 Å². The van der Waals surface area contributed by atoms with Crippen molar-refractivity contribution in [1.29, 1.82) is 0 Å². The van der Waals surface area contributed by atoms with Crippen LogP contribution in [-0.4, -0.2) is 46.0 Å². The highest BCUT2D eigenvalue weighted by molar-refractivity contribution is 7.98. The Kier molecular flexibility index (Phi) is 9.52. The minimum absolute atomic E-state index is 0.278. The molecule has 0 aliphatic carbocycles. The summed E-state index contributed by atoms with van der Waals surface area (Å²) in [7, 11) is -3.64. The first-order chi connectivity index (χ1) is 14.3. The summed E-state index contributed by atoms with van der Waals surface area (Å²) in [4.78, 5) is 12.4. The summed E-state index contributed by atoms with van der Waals surface area (Å²) in [5.41, 5.74) is 2.91. The maximum Gasteiger partial charge on any atom is 0.240 e. The Hall–Kier alpha value is -2.19. The number of hydrogen-bond donors (Lipinski definition) is 1. The van der Waals surface area contributed by atoms with Gasteiger partial charge in [0.2, 0.25) is 15.9 Å². The lowest BCUT2D eigenvalue weighted by Gasteiger charge is -2.24. The quantitative estimate of drug-likeness (QED) is 0.500. The number of carbonyl (C=O) groups excluding carboxylic acids is 1. The number of rotatable bonds is 12. The van der Waals surface area contributed by atoms with Crippen LogP contribution in [0.1, 0.15) is 24.5 Å². The molecule has 1 amide bonds. The van der Waals surface area contributed by atoms with Crippen molar-refractivity contribution in [3.8, 4) is 5.75 Å². The third kappa shape index (κ3) is 7.91. The lowest BCUT2D eigenvalue weighted by atomic mass is 10.2. The second-order valence-corrected chi connectivity index (χ2v) is 9.93. The molecule has 6 nitrogen and oxygen atoms in total. The number of anilines is 1. The first kappa shape index (κ1) is 24.1. The van der Waals surface area contributed by atoms with Crippen molar-refractivity contribution in [2.24, 2.45) is 0 Å². The van der Waals surface area contributed by atoms with E-state index in [1.165, 1.54) is 11.1 Å². The molecule has 2 rings (SSSR count). The van der Waals surface area contributed by atoms with Gasteiger partial charge in [-0.15, -0.1) is 0 Å². The molecule has 0 aliphatic rings. The van der Waals surface area contributed by atoms with Gasteiger partial charge in [0, 0.05) is 12.3 Å². The maximum atomic E-state index is 12.4. The summed E-state index contributed by atoms with van der Waals surface area (Å²) in [6.07, 6.45) is 1.90. The summed E-state index contributed by atoms with van der Waals surface area (Å²) < 4.78 is 31.2. The van der Waals surface area contributed by atoms with Crippen molar-refractivity contribution in [1.82, 2.24) is 5.32 Å². The fourth-order valence-corrected chi connectivity index (χ4v) is 4.67. The average molecular weight is 451 g/mol. The zero-order chi connectivity index (χ0) is 22.0. The number of para-hydroxylation sites is 2. The number of amides is 1. The Labute approximate surface area is 184 Å². The summed E-state index contributed by atoms with van der Waals surface area (Å²) in [5.74, 6) is 1.95. The predicted octanol–water partition coefficient (Wildman–Crippen LogP) is 3.60. The summed E-state index contributed by atoms with van der Waals surface area (Å²) in [6, 6.07) is 15.2. The number of nitrogens with one attached hydrogen (secondary N) is 1. The molecular formula is C22H30N2O4S2. The fourth-order valence-electron chi connectivity index (χ4n) is 2.90. The minimum atomic E-state index is -3.64. The van der Waals surface area contributed by atoms with E-state index in [0.29, 0.717) is 24.6 Å². The third-order valence-electron chi connectivity index (χ3n) is 4.26. The van der Waals surface area contributed by atoms with Crippen LogP contribution in [0.4, 0.5) is 5.69 Å². The lowest BCUT2D eigenvalue weighted by molar-refractivity contribution is -0.119. The molecule has 0 aliphatic heterocycles. The maximum absolute atomic E-state index is 12.4. The van der Waals surface area contributed by atoms with Crippen LogP contribution in [0.2, 0.25) is 0 Å². The van der Waals surface area contributed by atoms with Crippen LogP contribution in [0, 0.1) is 6.92 Å². The van der Waals surface area contributed by atoms with Crippen LogP contribution in [0.3, 0.4) is 0 Å². The highest BCUT2D eigenvalue weighted by atomic mass is 32.2. The van der Waals surface area contributed by atoms with Gasteiger partial charge in [0.15, 0.2) is 0 Å². The topological polar surface area (TPSA) is 75.7 Å². The number of sulfonamides is 1. The van der Waals surface area contributed by atoms with Crippen LogP contribution in [-0.2, 0) is 20.6 Å². The van der Waals surface area contributed by atoms with E-state index >= 15 is 0 Å². The molecule has 2 aromatic carbocycles. The average Bonchev–Trinajstić information content (AvgIpc) is 2.69. The molecule has 1 N–H and O–H groups in total. The largest absolute Gasteiger partial charge is 0.492 e. The van der Waals surface area contributed by atoms with Crippen molar-refractivity contribution < 1.29 is 17.9 Å². The van der Waals surface area contributed by atoms with Crippen molar-refractivity contribution in [2.75, 3.05) is 36.0 Å². The number of ether oxygens (including phenoxy) is 1. The van der Waals surface area contributed by atoms with Crippen LogP contribution >= 0.6 is 11.8 Å². The molecule has 0 saturated carbocycles. The fraction of sp³-hybridized carbons (Fsp3) is 0.409. The number of thioether (sulfide) groups is 1. The Balaban J connectivity index is 1.82. The van der Waals surface area contributed by atoms with E-state index in [-0.39, 0.29) is 12.5 Å². The van der Waals surface area contributed by atoms with Gasteiger partial charge in [-0.3, -0.25) is 9.10 Å². The number of aryl methyl sites for hydroxylation is 1. The monoisotopic (exact) mass is 450 g/mol. The Morgan fingerprint density at radius 1 is 1.17 bits per heavy atom.